The molecule has 2 aromatic heterocycles. The fourth-order valence-electron chi connectivity index (χ4n) is 7.65. The number of aromatic nitrogens is 1. The Morgan fingerprint density at radius 1 is 0.404 bits per heavy atom. The third-order valence-electron chi connectivity index (χ3n) is 9.88. The van der Waals surface area contributed by atoms with Gasteiger partial charge in [0.2, 0.25) is 0 Å². The number of para-hydroxylation sites is 4. The molecule has 222 valence electrons. The molecule has 47 heavy (non-hydrogen) atoms. The summed E-state index contributed by atoms with van der Waals surface area (Å²) in [5, 5.41) is 4.86. The van der Waals surface area contributed by atoms with E-state index in [2.05, 4.69) is 155 Å². The van der Waals surface area contributed by atoms with Crippen LogP contribution in [0.3, 0.4) is 0 Å². The third kappa shape index (κ3) is 4.13. The van der Waals surface area contributed by atoms with E-state index in [0.29, 0.717) is 0 Å². The molecule has 0 bridgehead atoms. The maximum Gasteiger partial charge on any atom is 0.135 e. The van der Waals surface area contributed by atoms with Crippen molar-refractivity contribution < 1.29 is 4.42 Å². The van der Waals surface area contributed by atoms with Crippen molar-refractivity contribution in [2.75, 3.05) is 4.90 Å². The van der Waals surface area contributed by atoms with Gasteiger partial charge in [-0.3, -0.25) is 0 Å². The average Bonchev–Trinajstić information content (AvgIpc) is 3.62. The number of hydrogen-bond acceptors (Lipinski definition) is 2. The Kier molecular flexibility index (Phi) is 5.70. The smallest absolute Gasteiger partial charge is 0.135 e. The summed E-state index contributed by atoms with van der Waals surface area (Å²) in [6.07, 6.45) is 0. The summed E-state index contributed by atoms with van der Waals surface area (Å²) in [6.45, 7) is 1.66. The molecule has 0 spiro atoms. The Morgan fingerprint density at radius 3 is 1.85 bits per heavy atom. The van der Waals surface area contributed by atoms with Gasteiger partial charge in [0.15, 0.2) is 0 Å². The predicted molar refractivity (Wildman–Crippen MR) is 195 cm³/mol. The molecule has 0 amide bonds. The first-order valence-corrected chi connectivity index (χ1v) is 16.2. The maximum atomic E-state index is 6.14. The lowest BCUT2D eigenvalue weighted by Crippen LogP contribution is -2.20. The Hall–Kier alpha value is -6.06. The van der Waals surface area contributed by atoms with Crippen LogP contribution >= 0.6 is 0 Å². The van der Waals surface area contributed by atoms with Gasteiger partial charge in [0.05, 0.1) is 11.0 Å². The standard InChI is InChI=1S/C44H30N2O/c1-2-10-33(11-3-1)45-27-31-19-18-29(30-20-23-44-40(26-30)38-14-6-9-17-43(38)47-44)25-39(31)35-22-21-34(24-32(35)28-45)46-41-15-7-4-12-36(41)37-13-5-8-16-42(37)46/h1-26H,27-28H2. The van der Waals surface area contributed by atoms with Crippen LogP contribution in [0.1, 0.15) is 11.1 Å². The van der Waals surface area contributed by atoms with Crippen LogP contribution in [-0.4, -0.2) is 4.57 Å². The number of furan rings is 1. The van der Waals surface area contributed by atoms with E-state index in [1.807, 2.05) is 12.1 Å². The van der Waals surface area contributed by atoms with Gasteiger partial charge in [-0.25, -0.2) is 0 Å². The Balaban J connectivity index is 1.16. The Morgan fingerprint density at radius 2 is 1.04 bits per heavy atom. The molecular formula is C44H30N2O. The van der Waals surface area contributed by atoms with Crippen LogP contribution in [0.2, 0.25) is 0 Å². The van der Waals surface area contributed by atoms with E-state index in [4.69, 9.17) is 4.42 Å². The minimum absolute atomic E-state index is 0.821. The zero-order valence-corrected chi connectivity index (χ0v) is 25.7. The first kappa shape index (κ1) is 26.2. The molecule has 0 aliphatic carbocycles. The average molecular weight is 603 g/mol. The number of rotatable bonds is 3. The van der Waals surface area contributed by atoms with Crippen molar-refractivity contribution in [1.82, 2.24) is 4.57 Å². The van der Waals surface area contributed by atoms with Gasteiger partial charge in [-0.1, -0.05) is 97.1 Å². The fraction of sp³-hybridized carbons (Fsp3) is 0.0455. The van der Waals surface area contributed by atoms with Crippen LogP contribution in [0.4, 0.5) is 5.69 Å². The molecule has 0 radical (unpaired) electrons. The largest absolute Gasteiger partial charge is 0.456 e. The minimum Gasteiger partial charge on any atom is -0.456 e. The molecule has 0 saturated heterocycles. The van der Waals surface area contributed by atoms with Gasteiger partial charge in [0.25, 0.3) is 0 Å². The summed E-state index contributed by atoms with van der Waals surface area (Å²) in [7, 11) is 0. The maximum absolute atomic E-state index is 6.14. The summed E-state index contributed by atoms with van der Waals surface area (Å²) in [4.78, 5) is 2.50. The van der Waals surface area contributed by atoms with Gasteiger partial charge >= 0.3 is 0 Å². The normalized spacial score (nSPS) is 12.9. The molecule has 0 unspecified atom stereocenters. The minimum atomic E-state index is 0.821. The van der Waals surface area contributed by atoms with Crippen molar-refractivity contribution in [2.24, 2.45) is 0 Å². The highest BCUT2D eigenvalue weighted by Gasteiger charge is 2.22. The topological polar surface area (TPSA) is 21.3 Å². The van der Waals surface area contributed by atoms with E-state index in [-0.39, 0.29) is 0 Å². The van der Waals surface area contributed by atoms with Crippen molar-refractivity contribution in [1.29, 1.82) is 0 Å². The highest BCUT2D eigenvalue weighted by Crippen LogP contribution is 2.40. The molecule has 3 nitrogen and oxygen atoms in total. The first-order chi connectivity index (χ1) is 23.3. The number of anilines is 1. The molecule has 3 heterocycles. The Labute approximate surface area is 272 Å². The van der Waals surface area contributed by atoms with Crippen LogP contribution in [0.5, 0.6) is 0 Å². The zero-order chi connectivity index (χ0) is 30.9. The zero-order valence-electron chi connectivity index (χ0n) is 25.7. The van der Waals surface area contributed by atoms with Crippen LogP contribution in [-0.2, 0) is 13.1 Å². The van der Waals surface area contributed by atoms with E-state index >= 15 is 0 Å². The van der Waals surface area contributed by atoms with Crippen LogP contribution in [0.25, 0.3) is 71.7 Å². The van der Waals surface area contributed by atoms with Crippen molar-refractivity contribution in [3.8, 4) is 27.9 Å². The SMILES string of the molecule is c1ccc(N2Cc3cc(-n4c5ccccc5c5ccccc54)ccc3-c3cc(-c4ccc5oc6ccccc6c5c4)ccc3C2)cc1. The second kappa shape index (κ2) is 10.2. The third-order valence-corrected chi connectivity index (χ3v) is 9.88. The van der Waals surface area contributed by atoms with Crippen LogP contribution < -0.4 is 4.90 Å². The van der Waals surface area contributed by atoms with Gasteiger partial charge in [-0.15, -0.1) is 0 Å². The molecule has 10 rings (SSSR count). The highest BCUT2D eigenvalue weighted by atomic mass is 16.3. The van der Waals surface area contributed by atoms with E-state index < -0.39 is 0 Å². The van der Waals surface area contributed by atoms with Crippen molar-refractivity contribution in [3.63, 3.8) is 0 Å². The molecule has 1 aliphatic rings. The lowest BCUT2D eigenvalue weighted by molar-refractivity contribution is 0.669. The monoisotopic (exact) mass is 602 g/mol. The fourth-order valence-corrected chi connectivity index (χ4v) is 7.65. The van der Waals surface area contributed by atoms with Gasteiger partial charge in [0.1, 0.15) is 11.2 Å². The van der Waals surface area contributed by atoms with Crippen molar-refractivity contribution in [2.45, 2.75) is 13.1 Å². The number of hydrogen-bond donors (Lipinski definition) is 0. The van der Waals surface area contributed by atoms with Crippen molar-refractivity contribution >= 4 is 49.4 Å². The predicted octanol–water partition coefficient (Wildman–Crippen LogP) is 11.5. The van der Waals surface area contributed by atoms with Crippen LogP contribution in [0.15, 0.2) is 162 Å². The molecule has 9 aromatic rings. The summed E-state index contributed by atoms with van der Waals surface area (Å²) in [5.41, 5.74) is 14.4. The molecule has 1 aliphatic heterocycles. The van der Waals surface area contributed by atoms with Gasteiger partial charge in [0, 0.05) is 46.0 Å². The lowest BCUT2D eigenvalue weighted by Gasteiger charge is -2.24. The quantitative estimate of drug-likeness (QED) is 0.201. The molecule has 0 fully saturated rings. The van der Waals surface area contributed by atoms with Gasteiger partial charge in [-0.05, 0) is 94.0 Å². The number of fused-ring (bicyclic) bond motifs is 9. The second-order valence-electron chi connectivity index (χ2n) is 12.6. The number of benzene rings is 7. The van der Waals surface area contributed by atoms with Crippen molar-refractivity contribution in [3.05, 3.63) is 169 Å². The summed E-state index contributed by atoms with van der Waals surface area (Å²) in [6, 6.07) is 57.2. The van der Waals surface area contributed by atoms with E-state index in [1.165, 1.54) is 66.6 Å². The second-order valence-corrected chi connectivity index (χ2v) is 12.6. The van der Waals surface area contributed by atoms with Crippen LogP contribution in [0, 0.1) is 0 Å². The van der Waals surface area contributed by atoms with Gasteiger partial charge < -0.3 is 13.9 Å². The van der Waals surface area contributed by atoms with E-state index in [9.17, 15) is 0 Å². The highest BCUT2D eigenvalue weighted by molar-refractivity contribution is 6.09. The molecule has 0 N–H and O–H groups in total. The number of nitrogens with zero attached hydrogens (tertiary/aromatic N) is 2. The first-order valence-electron chi connectivity index (χ1n) is 16.2. The summed E-state index contributed by atoms with van der Waals surface area (Å²) in [5.74, 6) is 0. The molecular weight excluding hydrogens is 572 g/mol. The summed E-state index contributed by atoms with van der Waals surface area (Å²) >= 11 is 0. The Bertz CT molecular complexity index is 2590. The molecule has 0 atom stereocenters. The lowest BCUT2D eigenvalue weighted by atomic mass is 9.92. The molecule has 7 aromatic carbocycles. The van der Waals surface area contributed by atoms with E-state index in [1.54, 1.807) is 0 Å². The molecule has 3 heteroatoms. The molecule has 0 saturated carbocycles. The van der Waals surface area contributed by atoms with Gasteiger partial charge in [-0.2, -0.15) is 0 Å². The van der Waals surface area contributed by atoms with E-state index in [0.717, 1.165) is 35.0 Å². The summed E-state index contributed by atoms with van der Waals surface area (Å²) < 4.78 is 8.56.